The van der Waals surface area contributed by atoms with E-state index in [0.717, 1.165) is 31.0 Å². The second-order valence-corrected chi connectivity index (χ2v) is 9.09. The highest BCUT2D eigenvalue weighted by Gasteiger charge is 2.47. The lowest BCUT2D eigenvalue weighted by Crippen LogP contribution is -2.57. The highest BCUT2D eigenvalue weighted by Crippen LogP contribution is 2.40. The van der Waals surface area contributed by atoms with Gasteiger partial charge in [0.05, 0.1) is 5.69 Å². The Bertz CT molecular complexity index is 1130. The van der Waals surface area contributed by atoms with Crippen LogP contribution in [0.3, 0.4) is 0 Å². The van der Waals surface area contributed by atoms with E-state index in [2.05, 4.69) is 16.0 Å². The van der Waals surface area contributed by atoms with Gasteiger partial charge in [0, 0.05) is 18.7 Å². The van der Waals surface area contributed by atoms with Crippen LogP contribution in [0.4, 0.5) is 18.9 Å². The maximum Gasteiger partial charge on any atom is 0.250 e. The van der Waals surface area contributed by atoms with Crippen LogP contribution >= 0.6 is 0 Å². The molecular weight excluding hydrogens is 451 g/mol. The molecule has 4 rings (SSSR count). The number of fused-ring (bicyclic) bond motifs is 1. The first-order valence-corrected chi connectivity index (χ1v) is 10.9. The fourth-order valence-electron chi connectivity index (χ4n) is 3.76. The van der Waals surface area contributed by atoms with Crippen LogP contribution < -0.4 is 20.7 Å². The number of nitrogens with one attached hydrogen (secondary N) is 3. The third-order valence-electron chi connectivity index (χ3n) is 5.96. The Morgan fingerprint density at radius 1 is 1.03 bits per heavy atom. The Kier molecular flexibility index (Phi) is 6.24. The smallest absolute Gasteiger partial charge is 0.250 e. The van der Waals surface area contributed by atoms with E-state index in [0.29, 0.717) is 11.8 Å². The molecular formula is C24H24F3N3O4. The average Bonchev–Trinajstić information content (AvgIpc) is 3.60. The predicted molar refractivity (Wildman–Crippen MR) is 116 cm³/mol. The SMILES string of the molecule is CC(C)(C(=O)NCc1cc(F)cc(F)c1)C(=O)N[C@@H]1C(=O)Nc2cc(F)ccc2O[C@@H]1C1CC1. The summed E-state index contributed by atoms with van der Waals surface area (Å²) in [5.41, 5.74) is -1.27. The van der Waals surface area contributed by atoms with Gasteiger partial charge < -0.3 is 20.7 Å². The molecule has 180 valence electrons. The summed E-state index contributed by atoms with van der Waals surface area (Å²) in [5, 5.41) is 7.69. The number of carbonyl (C=O) groups excluding carboxylic acids is 3. The lowest BCUT2D eigenvalue weighted by molar-refractivity contribution is -0.143. The van der Waals surface area contributed by atoms with E-state index in [1.54, 1.807) is 0 Å². The molecule has 2 aromatic rings. The number of anilines is 1. The number of benzene rings is 2. The summed E-state index contributed by atoms with van der Waals surface area (Å²) in [5.74, 6) is -3.82. The molecule has 1 fully saturated rings. The zero-order valence-electron chi connectivity index (χ0n) is 18.6. The van der Waals surface area contributed by atoms with Gasteiger partial charge in [-0.1, -0.05) is 0 Å². The fourth-order valence-corrected chi connectivity index (χ4v) is 3.76. The quantitative estimate of drug-likeness (QED) is 0.560. The molecule has 3 amide bonds. The summed E-state index contributed by atoms with van der Waals surface area (Å²) >= 11 is 0. The molecule has 34 heavy (non-hydrogen) atoms. The zero-order valence-corrected chi connectivity index (χ0v) is 18.6. The van der Waals surface area contributed by atoms with Crippen molar-refractivity contribution >= 4 is 23.4 Å². The second-order valence-electron chi connectivity index (χ2n) is 9.09. The summed E-state index contributed by atoms with van der Waals surface area (Å²) in [6, 6.07) is 5.51. The van der Waals surface area contributed by atoms with Crippen LogP contribution in [0.5, 0.6) is 5.75 Å². The molecule has 2 atom stereocenters. The first kappa shape index (κ1) is 23.6. The van der Waals surface area contributed by atoms with Crippen LogP contribution in [0.25, 0.3) is 0 Å². The Hall–Kier alpha value is -3.56. The second kappa shape index (κ2) is 9.00. The predicted octanol–water partition coefficient (Wildman–Crippen LogP) is 3.04. The molecule has 2 aromatic carbocycles. The minimum atomic E-state index is -1.62. The number of amides is 3. The van der Waals surface area contributed by atoms with Gasteiger partial charge in [0.15, 0.2) is 0 Å². The van der Waals surface area contributed by atoms with Crippen molar-refractivity contribution in [1.82, 2.24) is 10.6 Å². The number of hydrogen-bond acceptors (Lipinski definition) is 4. The lowest BCUT2D eigenvalue weighted by atomic mass is 9.90. The number of ether oxygens (including phenoxy) is 1. The number of carbonyl (C=O) groups is 3. The highest BCUT2D eigenvalue weighted by molar-refractivity contribution is 6.07. The number of rotatable bonds is 6. The minimum absolute atomic E-state index is 0.0202. The monoisotopic (exact) mass is 475 g/mol. The van der Waals surface area contributed by atoms with Crippen LogP contribution in [-0.4, -0.2) is 29.9 Å². The molecule has 0 saturated heterocycles. The van der Waals surface area contributed by atoms with Gasteiger partial charge in [-0.15, -0.1) is 0 Å². The molecule has 0 aromatic heterocycles. The molecule has 10 heteroatoms. The molecule has 0 unspecified atom stereocenters. The van der Waals surface area contributed by atoms with Gasteiger partial charge in [0.1, 0.15) is 40.8 Å². The average molecular weight is 475 g/mol. The minimum Gasteiger partial charge on any atom is -0.485 e. The molecule has 1 heterocycles. The fraction of sp³-hybridized carbons (Fsp3) is 0.375. The van der Waals surface area contributed by atoms with Crippen molar-refractivity contribution in [2.45, 2.75) is 45.4 Å². The third-order valence-corrected chi connectivity index (χ3v) is 5.96. The Balaban J connectivity index is 1.47. The first-order chi connectivity index (χ1) is 16.0. The van der Waals surface area contributed by atoms with Crippen LogP contribution in [0, 0.1) is 28.8 Å². The highest BCUT2D eigenvalue weighted by atomic mass is 19.1. The van der Waals surface area contributed by atoms with Crippen molar-refractivity contribution in [1.29, 1.82) is 0 Å². The first-order valence-electron chi connectivity index (χ1n) is 10.9. The normalized spacial score (nSPS) is 19.9. The van der Waals surface area contributed by atoms with Gasteiger partial charge in [-0.2, -0.15) is 0 Å². The summed E-state index contributed by atoms with van der Waals surface area (Å²) < 4.78 is 46.4. The van der Waals surface area contributed by atoms with Crippen LogP contribution in [0.15, 0.2) is 36.4 Å². The molecule has 0 radical (unpaired) electrons. The summed E-state index contributed by atoms with van der Waals surface area (Å²) in [6.07, 6.45) is 0.911. The van der Waals surface area contributed by atoms with E-state index in [4.69, 9.17) is 4.74 Å². The lowest BCUT2D eigenvalue weighted by Gasteiger charge is -2.29. The van der Waals surface area contributed by atoms with E-state index in [9.17, 15) is 27.6 Å². The van der Waals surface area contributed by atoms with Crippen molar-refractivity contribution in [2.24, 2.45) is 11.3 Å². The topological polar surface area (TPSA) is 96.5 Å². The molecule has 1 aliphatic carbocycles. The van der Waals surface area contributed by atoms with Crippen molar-refractivity contribution in [3.63, 3.8) is 0 Å². The third kappa shape index (κ3) is 5.00. The molecule has 1 saturated carbocycles. The molecule has 3 N–H and O–H groups in total. The van der Waals surface area contributed by atoms with Crippen LogP contribution in [0.2, 0.25) is 0 Å². The van der Waals surface area contributed by atoms with Gasteiger partial charge in [0.2, 0.25) is 11.8 Å². The maximum absolute atomic E-state index is 13.7. The zero-order chi connectivity index (χ0) is 24.6. The largest absolute Gasteiger partial charge is 0.485 e. The van der Waals surface area contributed by atoms with E-state index in [1.165, 1.54) is 26.0 Å². The Labute approximate surface area is 194 Å². The van der Waals surface area contributed by atoms with Crippen LogP contribution in [0.1, 0.15) is 32.3 Å². The number of hydrogen-bond donors (Lipinski definition) is 3. The molecule has 0 bridgehead atoms. The van der Waals surface area contributed by atoms with Crippen molar-refractivity contribution < 1.29 is 32.3 Å². The van der Waals surface area contributed by atoms with Crippen molar-refractivity contribution in [3.8, 4) is 5.75 Å². The molecule has 0 spiro atoms. The molecule has 1 aliphatic heterocycles. The maximum atomic E-state index is 13.7. The van der Waals surface area contributed by atoms with E-state index >= 15 is 0 Å². The summed E-state index contributed by atoms with van der Waals surface area (Å²) in [7, 11) is 0. The standard InChI is InChI=1S/C24H24F3N3O4/c1-24(2,22(32)28-11-12-7-15(26)9-16(27)8-12)23(33)30-19-20(13-3-4-13)34-18-6-5-14(25)10-17(18)29-21(19)31/h5-10,13,19-20H,3-4,11H2,1-2H3,(H,28,32)(H,29,31)(H,30,33)/t19-,20+/m0/s1. The summed E-state index contributed by atoms with van der Waals surface area (Å²) in [6.45, 7) is 2.55. The van der Waals surface area contributed by atoms with Gasteiger partial charge in [0.25, 0.3) is 5.91 Å². The Morgan fingerprint density at radius 2 is 1.71 bits per heavy atom. The van der Waals surface area contributed by atoms with Crippen LogP contribution in [-0.2, 0) is 20.9 Å². The van der Waals surface area contributed by atoms with E-state index in [-0.39, 0.29) is 23.7 Å². The van der Waals surface area contributed by atoms with E-state index < -0.39 is 52.7 Å². The molecule has 2 aliphatic rings. The van der Waals surface area contributed by atoms with Gasteiger partial charge in [-0.3, -0.25) is 14.4 Å². The number of halogens is 3. The van der Waals surface area contributed by atoms with Crippen molar-refractivity contribution in [3.05, 3.63) is 59.4 Å². The van der Waals surface area contributed by atoms with Gasteiger partial charge >= 0.3 is 0 Å². The van der Waals surface area contributed by atoms with Gasteiger partial charge in [-0.05, 0) is 62.4 Å². The Morgan fingerprint density at radius 3 is 2.35 bits per heavy atom. The molecule has 7 nitrogen and oxygen atoms in total. The van der Waals surface area contributed by atoms with Gasteiger partial charge in [-0.25, -0.2) is 13.2 Å². The van der Waals surface area contributed by atoms with E-state index in [1.807, 2.05) is 0 Å². The summed E-state index contributed by atoms with van der Waals surface area (Å²) in [4.78, 5) is 38.8. The van der Waals surface area contributed by atoms with Crippen molar-refractivity contribution in [2.75, 3.05) is 5.32 Å².